The molecule has 41 heavy (non-hydrogen) atoms. The van der Waals surface area contributed by atoms with Crippen molar-refractivity contribution < 1.29 is 58.9 Å². The Morgan fingerprint density at radius 3 is 1.51 bits per heavy atom. The summed E-state index contributed by atoms with van der Waals surface area (Å²) in [5.74, 6) is -3.73. The Balaban J connectivity index is 0.000000644. The quantitative estimate of drug-likeness (QED) is 0.0738. The van der Waals surface area contributed by atoms with Crippen LogP contribution in [0.3, 0.4) is 0 Å². The highest BCUT2D eigenvalue weighted by Crippen LogP contribution is 2.23. The minimum Gasteiger partial charge on any atom is -0.508 e. The Bertz CT molecular complexity index is 1160. The fraction of sp³-hybridized carbons (Fsp3) is 0.310. The van der Waals surface area contributed by atoms with Crippen LogP contribution in [0.5, 0.6) is 23.0 Å². The summed E-state index contributed by atoms with van der Waals surface area (Å²) in [5.41, 5.74) is -0.395. The van der Waals surface area contributed by atoms with E-state index in [4.69, 9.17) is 29.5 Å². The van der Waals surface area contributed by atoms with Gasteiger partial charge in [-0.2, -0.15) is 0 Å². The van der Waals surface area contributed by atoms with Crippen LogP contribution in [0, 0.1) is 0 Å². The molecule has 0 radical (unpaired) electrons. The molecule has 0 aromatic heterocycles. The van der Waals surface area contributed by atoms with Crippen molar-refractivity contribution in [1.82, 2.24) is 0 Å². The Labute approximate surface area is 237 Å². The zero-order chi connectivity index (χ0) is 31.2. The first kappa shape index (κ1) is 36.0. The van der Waals surface area contributed by atoms with Crippen molar-refractivity contribution in [2.75, 3.05) is 19.8 Å². The third-order valence-corrected chi connectivity index (χ3v) is 4.75. The monoisotopic (exact) mass is 576 g/mol. The summed E-state index contributed by atoms with van der Waals surface area (Å²) < 4.78 is 14.4. The number of carbonyl (C=O) groups excluding carboxylic acids is 3. The molecule has 0 saturated carbocycles. The lowest BCUT2D eigenvalue weighted by molar-refractivity contribution is -0.138. The number of hydrogen-bond donors (Lipinski definition) is 5. The zero-order valence-electron chi connectivity index (χ0n) is 22.8. The number of carboxylic acid groups (broad SMARTS) is 1. The summed E-state index contributed by atoms with van der Waals surface area (Å²) in [7, 11) is 0. The van der Waals surface area contributed by atoms with E-state index in [1.165, 1.54) is 24.3 Å². The van der Waals surface area contributed by atoms with Gasteiger partial charge in [-0.1, -0.05) is 32.9 Å². The molecule has 0 saturated heterocycles. The number of rotatable bonds is 13. The van der Waals surface area contributed by atoms with Crippen molar-refractivity contribution in [3.05, 3.63) is 72.8 Å². The van der Waals surface area contributed by atoms with E-state index in [0.717, 1.165) is 43.5 Å². The number of phenols is 4. The molecule has 0 aliphatic heterocycles. The molecule has 224 valence electrons. The first-order chi connectivity index (χ1) is 19.5. The number of hydrogen-bond acceptors (Lipinski definition) is 11. The van der Waals surface area contributed by atoms with Gasteiger partial charge >= 0.3 is 23.9 Å². The van der Waals surface area contributed by atoms with Crippen molar-refractivity contribution in [2.45, 2.75) is 39.0 Å². The zero-order valence-corrected chi connectivity index (χ0v) is 22.8. The van der Waals surface area contributed by atoms with Crippen molar-refractivity contribution in [3.63, 3.8) is 0 Å². The number of carboxylic acids is 1. The van der Waals surface area contributed by atoms with Crippen LogP contribution >= 0.6 is 0 Å². The molecule has 12 heteroatoms. The number of phenolic OH excluding ortho intramolecular Hbond substituents is 3. The number of benzene rings is 2. The molecule has 0 atom stereocenters. The van der Waals surface area contributed by atoms with Crippen LogP contribution in [0.4, 0.5) is 0 Å². The Hall–Kier alpha value is -5.00. The molecule has 0 aliphatic carbocycles. The minimum atomic E-state index is -1.27. The van der Waals surface area contributed by atoms with E-state index in [2.05, 4.69) is 20.1 Å². The second kappa shape index (κ2) is 20.9. The normalized spacial score (nSPS) is 9.49. The lowest BCUT2D eigenvalue weighted by Crippen LogP contribution is -2.08. The first-order valence-electron chi connectivity index (χ1n) is 12.5. The summed E-state index contributed by atoms with van der Waals surface area (Å²) in [6.45, 7) is 9.52. The summed E-state index contributed by atoms with van der Waals surface area (Å²) >= 11 is 0. The summed E-state index contributed by atoms with van der Waals surface area (Å²) in [5, 5.41) is 44.8. The molecule has 0 aliphatic rings. The lowest BCUT2D eigenvalue weighted by Gasteiger charge is -2.07. The fourth-order valence-corrected chi connectivity index (χ4v) is 2.65. The highest BCUT2D eigenvalue weighted by atomic mass is 16.5. The van der Waals surface area contributed by atoms with E-state index in [-0.39, 0.29) is 53.3 Å². The number of unbranched alkanes of at least 4 members (excludes halogenated alkanes) is 3. The van der Waals surface area contributed by atoms with Gasteiger partial charge in [0.05, 0.1) is 19.8 Å². The van der Waals surface area contributed by atoms with E-state index in [1.54, 1.807) is 0 Å². The predicted molar refractivity (Wildman–Crippen MR) is 148 cm³/mol. The summed E-state index contributed by atoms with van der Waals surface area (Å²) in [6, 6.07) is 6.92. The van der Waals surface area contributed by atoms with Crippen molar-refractivity contribution in [3.8, 4) is 23.0 Å². The van der Waals surface area contributed by atoms with Gasteiger partial charge in [0.2, 0.25) is 0 Å². The predicted octanol–water partition coefficient (Wildman–Crippen LogP) is 4.47. The molecule has 0 spiro atoms. The third kappa shape index (κ3) is 16.5. The average Bonchev–Trinajstić information content (AvgIpc) is 2.95. The SMILES string of the molecule is C=CC(=O)OCCCCC.C=CC(=O)OCCCCOC(=O)c1cc(O)ccc1O.O=C(O)c1cc(O)ccc1O. The van der Waals surface area contributed by atoms with Gasteiger partial charge < -0.3 is 39.7 Å². The minimum absolute atomic E-state index is 0.0944. The number of carbonyl (C=O) groups is 4. The Morgan fingerprint density at radius 2 is 1.10 bits per heavy atom. The molecule has 0 heterocycles. The van der Waals surface area contributed by atoms with Crippen LogP contribution in [0.2, 0.25) is 0 Å². The molecular formula is C29H36O12. The second-order valence-corrected chi connectivity index (χ2v) is 8.00. The van der Waals surface area contributed by atoms with Crippen LogP contribution in [0.1, 0.15) is 59.7 Å². The van der Waals surface area contributed by atoms with E-state index < -0.39 is 17.9 Å². The van der Waals surface area contributed by atoms with Gasteiger partial charge in [0.15, 0.2) is 0 Å². The van der Waals surface area contributed by atoms with Gasteiger partial charge in [0.1, 0.15) is 34.1 Å². The number of esters is 3. The van der Waals surface area contributed by atoms with Gasteiger partial charge in [-0.05, 0) is 55.7 Å². The lowest BCUT2D eigenvalue weighted by atomic mass is 10.2. The summed E-state index contributed by atoms with van der Waals surface area (Å²) in [4.78, 5) is 43.1. The van der Waals surface area contributed by atoms with Gasteiger partial charge in [-0.15, -0.1) is 0 Å². The Kier molecular flexibility index (Phi) is 18.4. The molecule has 0 amide bonds. The molecule has 2 aromatic rings. The number of aromatic carboxylic acids is 1. The number of ether oxygens (including phenoxy) is 3. The molecule has 0 fully saturated rings. The van der Waals surface area contributed by atoms with E-state index in [0.29, 0.717) is 19.4 Å². The largest absolute Gasteiger partial charge is 0.508 e. The van der Waals surface area contributed by atoms with Crippen LogP contribution in [0.25, 0.3) is 0 Å². The molecule has 5 N–H and O–H groups in total. The topological polar surface area (TPSA) is 197 Å². The third-order valence-electron chi connectivity index (χ3n) is 4.75. The molecular weight excluding hydrogens is 540 g/mol. The van der Waals surface area contributed by atoms with Crippen molar-refractivity contribution in [2.24, 2.45) is 0 Å². The maximum absolute atomic E-state index is 11.6. The maximum atomic E-state index is 11.6. The smallest absolute Gasteiger partial charge is 0.342 e. The van der Waals surface area contributed by atoms with E-state index in [9.17, 15) is 29.4 Å². The standard InChI is InChI=1S/C14H16O6.C8H14O2.C7H6O4/c1-2-13(17)19-7-3-4-8-20-14(18)11-9-10(15)5-6-12(11)16;1-3-5-6-7-10-8(9)4-2;8-4-1-2-6(9)5(3-4)7(10)11/h2,5-6,9,15-16H,1,3-4,7-8H2;4H,2-3,5-7H2,1H3;1-3,8-9H,(H,10,11). The average molecular weight is 577 g/mol. The van der Waals surface area contributed by atoms with Crippen LogP contribution in [-0.4, -0.2) is 69.2 Å². The Morgan fingerprint density at radius 1 is 0.683 bits per heavy atom. The number of aromatic hydroxyl groups is 4. The van der Waals surface area contributed by atoms with Gasteiger partial charge in [-0.25, -0.2) is 19.2 Å². The van der Waals surface area contributed by atoms with Crippen LogP contribution in [-0.2, 0) is 23.8 Å². The van der Waals surface area contributed by atoms with Crippen molar-refractivity contribution in [1.29, 1.82) is 0 Å². The molecule has 2 rings (SSSR count). The van der Waals surface area contributed by atoms with Crippen molar-refractivity contribution >= 4 is 23.9 Å². The molecule has 0 bridgehead atoms. The van der Waals surface area contributed by atoms with Gasteiger partial charge in [0.25, 0.3) is 0 Å². The molecule has 0 unspecified atom stereocenters. The highest BCUT2D eigenvalue weighted by molar-refractivity contribution is 5.93. The van der Waals surface area contributed by atoms with Gasteiger partial charge in [0, 0.05) is 12.2 Å². The van der Waals surface area contributed by atoms with Gasteiger partial charge in [-0.3, -0.25) is 0 Å². The highest BCUT2D eigenvalue weighted by Gasteiger charge is 2.13. The maximum Gasteiger partial charge on any atom is 0.342 e. The van der Waals surface area contributed by atoms with Crippen LogP contribution < -0.4 is 0 Å². The van der Waals surface area contributed by atoms with E-state index >= 15 is 0 Å². The molecule has 2 aromatic carbocycles. The van der Waals surface area contributed by atoms with E-state index in [1.807, 2.05) is 0 Å². The second-order valence-electron chi connectivity index (χ2n) is 8.00. The summed E-state index contributed by atoms with van der Waals surface area (Å²) in [6.07, 6.45) is 6.53. The van der Waals surface area contributed by atoms with Crippen LogP contribution in [0.15, 0.2) is 61.7 Å². The first-order valence-corrected chi connectivity index (χ1v) is 12.5. The fourth-order valence-electron chi connectivity index (χ4n) is 2.65. The molecule has 12 nitrogen and oxygen atoms in total.